The second-order valence-electron chi connectivity index (χ2n) is 5.63. The third-order valence-corrected chi connectivity index (χ3v) is 4.91. The molecule has 1 aromatic heterocycles. The van der Waals surface area contributed by atoms with Gasteiger partial charge in [-0.25, -0.2) is 4.98 Å². The smallest absolute Gasteiger partial charge is 0.241 e. The Morgan fingerprint density at radius 2 is 1.96 bits per heavy atom. The number of carbonyl (C=O) groups is 2. The molecule has 7 nitrogen and oxygen atoms in total. The summed E-state index contributed by atoms with van der Waals surface area (Å²) in [7, 11) is 0. The lowest BCUT2D eigenvalue weighted by atomic mass is 10.2. The van der Waals surface area contributed by atoms with Crippen LogP contribution in [-0.4, -0.2) is 57.3 Å². The van der Waals surface area contributed by atoms with Crippen molar-refractivity contribution in [2.24, 2.45) is 0 Å². The number of halogens is 1. The van der Waals surface area contributed by atoms with Crippen LogP contribution in [0.5, 0.6) is 0 Å². The van der Waals surface area contributed by atoms with Crippen LogP contribution in [0.2, 0.25) is 5.02 Å². The summed E-state index contributed by atoms with van der Waals surface area (Å²) in [5.74, 6) is 0.531. The number of benzene rings is 1. The molecular formula is C16H18ClN5O2S. The molecule has 0 saturated carbocycles. The third-order valence-electron chi connectivity index (χ3n) is 3.81. The van der Waals surface area contributed by atoms with Crippen LogP contribution in [0.25, 0.3) is 11.4 Å². The van der Waals surface area contributed by atoms with E-state index in [0.717, 1.165) is 31.5 Å². The Labute approximate surface area is 154 Å². The zero-order valence-electron chi connectivity index (χ0n) is 13.5. The predicted molar refractivity (Wildman–Crippen MR) is 96.4 cm³/mol. The number of likely N-dealkylation sites (tertiary alicyclic amines) is 1. The van der Waals surface area contributed by atoms with Crippen LogP contribution >= 0.6 is 23.4 Å². The Balaban J connectivity index is 1.44. The number of H-pyrrole nitrogens is 1. The van der Waals surface area contributed by atoms with Crippen LogP contribution in [0.4, 0.5) is 0 Å². The van der Waals surface area contributed by atoms with Gasteiger partial charge in [0.1, 0.15) is 0 Å². The molecule has 1 aromatic carbocycles. The van der Waals surface area contributed by atoms with Crippen LogP contribution in [-0.2, 0) is 9.59 Å². The van der Waals surface area contributed by atoms with Gasteiger partial charge in [-0.3, -0.25) is 14.7 Å². The van der Waals surface area contributed by atoms with Crippen LogP contribution in [0, 0.1) is 0 Å². The minimum absolute atomic E-state index is 0.0289. The molecule has 1 aliphatic heterocycles. The van der Waals surface area contributed by atoms with Gasteiger partial charge in [0.05, 0.1) is 12.3 Å². The Morgan fingerprint density at radius 1 is 1.24 bits per heavy atom. The first-order valence-electron chi connectivity index (χ1n) is 7.97. The molecule has 132 valence electrons. The topological polar surface area (TPSA) is 91.0 Å². The molecule has 0 atom stereocenters. The van der Waals surface area contributed by atoms with Gasteiger partial charge in [0.25, 0.3) is 0 Å². The molecule has 2 amide bonds. The maximum atomic E-state index is 11.9. The van der Waals surface area contributed by atoms with Gasteiger partial charge < -0.3 is 10.2 Å². The van der Waals surface area contributed by atoms with Gasteiger partial charge in [-0.1, -0.05) is 23.4 Å². The maximum Gasteiger partial charge on any atom is 0.241 e. The first kappa shape index (κ1) is 17.8. The van der Waals surface area contributed by atoms with Crippen molar-refractivity contribution in [1.29, 1.82) is 0 Å². The molecule has 25 heavy (non-hydrogen) atoms. The van der Waals surface area contributed by atoms with Crippen molar-refractivity contribution >= 4 is 35.2 Å². The molecule has 0 unspecified atom stereocenters. The van der Waals surface area contributed by atoms with Gasteiger partial charge in [-0.15, -0.1) is 5.10 Å². The number of rotatable bonds is 6. The lowest BCUT2D eigenvalue weighted by Gasteiger charge is -2.15. The molecular weight excluding hydrogens is 362 g/mol. The average Bonchev–Trinajstić information content (AvgIpc) is 3.30. The van der Waals surface area contributed by atoms with Gasteiger partial charge in [0, 0.05) is 23.7 Å². The summed E-state index contributed by atoms with van der Waals surface area (Å²) in [6.07, 6.45) is 2.08. The summed E-state index contributed by atoms with van der Waals surface area (Å²) in [4.78, 5) is 29.9. The molecule has 9 heteroatoms. The number of hydrogen-bond acceptors (Lipinski definition) is 5. The fourth-order valence-electron chi connectivity index (χ4n) is 2.48. The average molecular weight is 380 g/mol. The van der Waals surface area contributed by atoms with Crippen LogP contribution in [0.3, 0.4) is 0 Å². The fraction of sp³-hybridized carbons (Fsp3) is 0.375. The Hall–Kier alpha value is -2.06. The summed E-state index contributed by atoms with van der Waals surface area (Å²) < 4.78 is 0. The summed E-state index contributed by atoms with van der Waals surface area (Å²) in [6.45, 7) is 1.62. The maximum absolute atomic E-state index is 11.9. The lowest BCUT2D eigenvalue weighted by molar-refractivity contribution is -0.131. The van der Waals surface area contributed by atoms with E-state index in [0.29, 0.717) is 16.0 Å². The van der Waals surface area contributed by atoms with Crippen molar-refractivity contribution in [2.75, 3.05) is 25.4 Å². The van der Waals surface area contributed by atoms with Crippen LogP contribution in [0.15, 0.2) is 29.4 Å². The van der Waals surface area contributed by atoms with Gasteiger partial charge in [0.2, 0.25) is 17.0 Å². The normalized spacial score (nSPS) is 13.9. The van der Waals surface area contributed by atoms with Gasteiger partial charge >= 0.3 is 0 Å². The van der Waals surface area contributed by atoms with E-state index in [1.807, 2.05) is 12.1 Å². The van der Waals surface area contributed by atoms with Crippen molar-refractivity contribution in [3.63, 3.8) is 0 Å². The summed E-state index contributed by atoms with van der Waals surface area (Å²) in [6, 6.07) is 7.23. The molecule has 1 aliphatic rings. The summed E-state index contributed by atoms with van der Waals surface area (Å²) >= 11 is 7.08. The molecule has 0 spiro atoms. The number of thioether (sulfide) groups is 1. The van der Waals surface area contributed by atoms with E-state index in [1.165, 1.54) is 11.8 Å². The first-order valence-corrected chi connectivity index (χ1v) is 9.34. The van der Waals surface area contributed by atoms with E-state index in [-0.39, 0.29) is 24.1 Å². The number of amides is 2. The minimum Gasteiger partial charge on any atom is -0.346 e. The monoisotopic (exact) mass is 379 g/mol. The van der Waals surface area contributed by atoms with Crippen molar-refractivity contribution in [3.8, 4) is 11.4 Å². The predicted octanol–water partition coefficient (Wildman–Crippen LogP) is 1.96. The highest BCUT2D eigenvalue weighted by Crippen LogP contribution is 2.20. The fourth-order valence-corrected chi connectivity index (χ4v) is 3.24. The van der Waals surface area contributed by atoms with Crippen molar-refractivity contribution < 1.29 is 9.59 Å². The van der Waals surface area contributed by atoms with E-state index < -0.39 is 0 Å². The van der Waals surface area contributed by atoms with E-state index >= 15 is 0 Å². The zero-order chi connectivity index (χ0) is 17.6. The Kier molecular flexibility index (Phi) is 5.93. The second-order valence-corrected chi connectivity index (χ2v) is 7.01. The number of carbonyl (C=O) groups excluding carboxylic acids is 2. The molecule has 2 N–H and O–H groups in total. The molecule has 2 aromatic rings. The SMILES string of the molecule is O=C(CSc1n[nH]c(-c2ccc(Cl)cc2)n1)NCC(=O)N1CCCC1. The molecule has 2 heterocycles. The van der Waals surface area contributed by atoms with E-state index in [1.54, 1.807) is 17.0 Å². The molecule has 0 aliphatic carbocycles. The minimum atomic E-state index is -0.213. The lowest BCUT2D eigenvalue weighted by Crippen LogP contribution is -2.39. The largest absolute Gasteiger partial charge is 0.346 e. The highest BCUT2D eigenvalue weighted by atomic mass is 35.5. The highest BCUT2D eigenvalue weighted by molar-refractivity contribution is 7.99. The van der Waals surface area contributed by atoms with Crippen molar-refractivity contribution in [1.82, 2.24) is 25.4 Å². The number of nitrogens with one attached hydrogen (secondary N) is 2. The summed E-state index contributed by atoms with van der Waals surface area (Å²) in [5.41, 5.74) is 0.865. The molecule has 3 rings (SSSR count). The van der Waals surface area contributed by atoms with E-state index in [9.17, 15) is 9.59 Å². The van der Waals surface area contributed by atoms with Gasteiger partial charge in [0.15, 0.2) is 5.82 Å². The molecule has 1 fully saturated rings. The number of hydrogen-bond donors (Lipinski definition) is 2. The second kappa shape index (κ2) is 8.35. The number of aromatic nitrogens is 3. The van der Waals surface area contributed by atoms with Crippen LogP contribution < -0.4 is 5.32 Å². The first-order chi connectivity index (χ1) is 12.1. The van der Waals surface area contributed by atoms with E-state index in [4.69, 9.17) is 11.6 Å². The number of aromatic amines is 1. The van der Waals surface area contributed by atoms with Gasteiger partial charge in [-0.05, 0) is 37.1 Å². The van der Waals surface area contributed by atoms with E-state index in [2.05, 4.69) is 20.5 Å². The van der Waals surface area contributed by atoms with Gasteiger partial charge in [-0.2, -0.15) is 0 Å². The molecule has 0 radical (unpaired) electrons. The molecule has 1 saturated heterocycles. The Morgan fingerprint density at radius 3 is 2.68 bits per heavy atom. The van der Waals surface area contributed by atoms with Crippen molar-refractivity contribution in [2.45, 2.75) is 18.0 Å². The Bertz CT molecular complexity index is 743. The quantitative estimate of drug-likeness (QED) is 0.748. The van der Waals surface area contributed by atoms with Crippen molar-refractivity contribution in [3.05, 3.63) is 29.3 Å². The molecule has 0 bridgehead atoms. The van der Waals surface area contributed by atoms with Crippen LogP contribution in [0.1, 0.15) is 12.8 Å². The third kappa shape index (κ3) is 4.96. The highest BCUT2D eigenvalue weighted by Gasteiger charge is 2.18. The number of nitrogens with zero attached hydrogens (tertiary/aromatic N) is 3. The zero-order valence-corrected chi connectivity index (χ0v) is 15.1. The standard InChI is InChI=1S/C16H18ClN5O2S/c17-12-5-3-11(4-6-12)15-19-16(21-20-15)25-10-13(23)18-9-14(24)22-7-1-2-8-22/h3-6H,1-2,7-10H2,(H,18,23)(H,19,20,21). The summed E-state index contributed by atoms with van der Waals surface area (Å²) in [5, 5.41) is 10.7.